The van der Waals surface area contributed by atoms with Crippen molar-refractivity contribution >= 4 is 35.3 Å². The number of H-pyrrole nitrogens is 1. The molecule has 2 amide bonds. The summed E-state index contributed by atoms with van der Waals surface area (Å²) >= 11 is 2.32. The Balaban J connectivity index is 0.000000255. The summed E-state index contributed by atoms with van der Waals surface area (Å²) in [5.41, 5.74) is -2.18. The number of halogens is 8. The normalized spacial score (nSPS) is 18.0. The fourth-order valence-corrected chi connectivity index (χ4v) is 11.4. The minimum absolute atomic E-state index is 0.00937. The van der Waals surface area contributed by atoms with Crippen molar-refractivity contribution in [1.82, 2.24) is 39.1 Å². The Morgan fingerprint density at radius 2 is 1.10 bits per heavy atom. The minimum atomic E-state index is -4.70. The molecule has 22 heteroatoms. The summed E-state index contributed by atoms with van der Waals surface area (Å²) in [7, 11) is 0. The number of carbonyl (C=O) groups is 2. The van der Waals surface area contributed by atoms with E-state index in [1.807, 2.05) is 0 Å². The number of hydrogen-bond acceptors (Lipinski definition) is 10. The Hall–Kier alpha value is -7.92. The summed E-state index contributed by atoms with van der Waals surface area (Å²) in [5, 5.41) is 0.373. The average molecular weight is 1390 g/mol. The van der Waals surface area contributed by atoms with Gasteiger partial charge in [-0.3, -0.25) is 19.2 Å². The Morgan fingerprint density at radius 1 is 0.604 bits per heavy atom. The van der Waals surface area contributed by atoms with E-state index >= 15 is 0 Å². The Labute approximate surface area is 601 Å². The number of nitrogens with one attached hydrogen (secondary N) is 1. The maximum Gasteiger partial charge on any atom is 0.416 e. The van der Waals surface area contributed by atoms with Crippen LogP contribution in [-0.2, 0) is 78.6 Å². The first kappa shape index (κ1) is 45.6. The van der Waals surface area contributed by atoms with E-state index in [0.717, 1.165) is 110 Å². The van der Waals surface area contributed by atoms with Gasteiger partial charge in [0.1, 0.15) is 18.1 Å². The molecular formula is C74H82F8N8O4S2. The van der Waals surface area contributed by atoms with Gasteiger partial charge in [-0.15, -0.1) is 0 Å². The van der Waals surface area contributed by atoms with E-state index in [9.17, 15) is 59.8 Å². The van der Waals surface area contributed by atoms with Crippen LogP contribution in [0.4, 0.5) is 35.1 Å². The molecule has 12 nitrogen and oxygen atoms in total. The quantitative estimate of drug-likeness (QED) is 0.0355. The Morgan fingerprint density at radius 3 is 1.61 bits per heavy atom. The number of nitrogens with zero attached hydrogens (tertiary/aromatic N) is 7. The number of aromatic nitrogens is 4. The molecule has 0 atom stereocenters. The Kier molecular flexibility index (Phi) is 16.3. The predicted octanol–water partition coefficient (Wildman–Crippen LogP) is 15.6. The van der Waals surface area contributed by atoms with Gasteiger partial charge in [-0.1, -0.05) is 136 Å². The number of thioether (sulfide) groups is 2. The molecule has 0 radical (unpaired) electrons. The molecule has 0 aliphatic heterocycles. The fraction of sp³-hybridized carbons (Fsp3) is 0.378. The third kappa shape index (κ3) is 20.6. The van der Waals surface area contributed by atoms with E-state index in [-0.39, 0.29) is 84.7 Å². The van der Waals surface area contributed by atoms with Gasteiger partial charge in [0.25, 0.3) is 11.1 Å². The maximum atomic E-state index is 14.9. The van der Waals surface area contributed by atoms with Gasteiger partial charge in [-0.05, 0) is 183 Å². The molecule has 2 aliphatic rings. The minimum Gasteiger partial charge on any atom is -0.337 e. The van der Waals surface area contributed by atoms with Crippen molar-refractivity contribution in [2.24, 2.45) is 0 Å². The molecule has 1 N–H and O–H groups in total. The summed E-state index contributed by atoms with van der Waals surface area (Å²) in [6.07, 6.45) is -5.93. The first-order chi connectivity index (χ1) is 55.8. The van der Waals surface area contributed by atoms with Gasteiger partial charge in [-0.2, -0.15) is 31.3 Å². The molecule has 0 saturated heterocycles. The zero-order valence-corrected chi connectivity index (χ0v) is 54.1. The highest BCUT2D eigenvalue weighted by Gasteiger charge is 2.32. The number of aryl methyl sites for hydroxylation is 1. The number of likely N-dealkylation sites (N-methyl/N-ethyl adjacent to an activating group) is 2. The number of carbonyl (C=O) groups excluding carboxylic acids is 2. The first-order valence-corrected chi connectivity index (χ1v) is 31.4. The second-order valence-corrected chi connectivity index (χ2v) is 22.9. The smallest absolute Gasteiger partial charge is 0.337 e. The third-order valence-electron chi connectivity index (χ3n) is 14.5. The van der Waals surface area contributed by atoms with Crippen LogP contribution in [0.3, 0.4) is 0 Å². The van der Waals surface area contributed by atoms with Gasteiger partial charge < -0.3 is 29.2 Å². The molecule has 0 unspecified atom stereocenters. The van der Waals surface area contributed by atoms with Crippen LogP contribution in [0.15, 0.2) is 153 Å². The van der Waals surface area contributed by atoms with Crippen molar-refractivity contribution in [3.8, 4) is 22.3 Å². The fourth-order valence-electron chi connectivity index (χ4n) is 9.63. The molecular weight excluding hydrogens is 1280 g/mol. The van der Waals surface area contributed by atoms with Crippen molar-refractivity contribution in [1.29, 1.82) is 0 Å². The highest BCUT2D eigenvalue weighted by Crippen LogP contribution is 2.35. The van der Waals surface area contributed by atoms with E-state index < -0.39 is 177 Å². The second-order valence-electron chi connectivity index (χ2n) is 21.0. The zero-order chi connectivity index (χ0) is 92.2. The van der Waals surface area contributed by atoms with Crippen molar-refractivity contribution in [2.45, 2.75) is 141 Å². The zero-order valence-electron chi connectivity index (χ0n) is 78.5. The molecule has 10 rings (SSSR count). The number of aromatic amines is 1. The van der Waals surface area contributed by atoms with Crippen LogP contribution in [0.2, 0.25) is 0 Å². The van der Waals surface area contributed by atoms with E-state index in [1.165, 1.54) is 55.1 Å². The molecule has 2 aliphatic carbocycles. The SMILES string of the molecule is O=c1[nH]c(SCc2ccc(F)cc2)nc2c1CCC2.[2H]c1c([2H])c(C([2H])([2H])N(C(=O)C([2H])[2H])C([2H])([2H])C([2H])([2H])N(C([2H])([2H])C)C([2H])([2H])C)c([2H])c(C)c1-c1ccc(C(F)(F)F)cc1.[2H]c1c([2H])c(C([2H])([2H])N(CCN(C([2H])([2H])C)C([2H])([2H])C)C(=O)C([2H])([2H])n2c(SCc3ccc(F)cc3)nc(=O)c3c2CCC3)c([2H])c(C)c1-c1ccc(C(F)(F)F)cc1. The van der Waals surface area contributed by atoms with Gasteiger partial charge in [0, 0.05) is 90.7 Å². The lowest BCUT2D eigenvalue weighted by molar-refractivity contribution is -0.138. The van der Waals surface area contributed by atoms with Gasteiger partial charge in [0.15, 0.2) is 10.3 Å². The number of fused-ring (bicyclic) bond motifs is 2. The van der Waals surface area contributed by atoms with Gasteiger partial charge in [0.2, 0.25) is 11.8 Å². The number of benzene rings is 6. The van der Waals surface area contributed by atoms with Gasteiger partial charge in [-0.25, -0.2) is 13.8 Å². The second kappa shape index (κ2) is 34.3. The summed E-state index contributed by atoms with van der Waals surface area (Å²) in [6, 6.07) is 13.1. The number of hydrogen-bond donors (Lipinski definition) is 1. The molecule has 0 saturated carbocycles. The molecule has 0 fully saturated rings. The van der Waals surface area contributed by atoms with Crippen molar-refractivity contribution in [3.63, 3.8) is 0 Å². The first-order valence-electron chi connectivity index (χ1n) is 42.6. The molecule has 2 heterocycles. The van der Waals surface area contributed by atoms with Crippen molar-refractivity contribution in [2.75, 3.05) is 52.1 Å². The van der Waals surface area contributed by atoms with Crippen LogP contribution < -0.4 is 11.1 Å². The van der Waals surface area contributed by atoms with Crippen LogP contribution in [0.25, 0.3) is 22.3 Å². The molecule has 510 valence electrons. The maximum absolute atomic E-state index is 14.9. The lowest BCUT2D eigenvalue weighted by atomic mass is 9.97. The molecule has 0 bridgehead atoms. The molecule has 0 spiro atoms. The third-order valence-corrected chi connectivity index (χ3v) is 16.5. The van der Waals surface area contributed by atoms with E-state index in [1.54, 1.807) is 12.1 Å². The summed E-state index contributed by atoms with van der Waals surface area (Å²) in [5.74, 6) is -3.74. The molecule has 8 aromatic rings. The van der Waals surface area contributed by atoms with Gasteiger partial charge >= 0.3 is 12.4 Å². The highest BCUT2D eigenvalue weighted by molar-refractivity contribution is 7.98. The number of alkyl halides is 6. The lowest BCUT2D eigenvalue weighted by Gasteiger charge is -2.28. The van der Waals surface area contributed by atoms with Crippen LogP contribution in [-0.4, -0.2) is 103 Å². The van der Waals surface area contributed by atoms with Crippen LogP contribution >= 0.6 is 23.5 Å². The molecule has 96 heavy (non-hydrogen) atoms. The van der Waals surface area contributed by atoms with Gasteiger partial charge in [0.05, 0.1) is 36.0 Å². The summed E-state index contributed by atoms with van der Waals surface area (Å²) < 4.78 is 328. The van der Waals surface area contributed by atoms with E-state index in [2.05, 4.69) is 15.0 Å². The monoisotopic (exact) mass is 1390 g/mol. The largest absolute Gasteiger partial charge is 0.416 e. The van der Waals surface area contributed by atoms with Crippen LogP contribution in [0, 0.1) is 25.5 Å². The topological polar surface area (TPSA) is 128 Å². The molecule has 2 aromatic heterocycles. The van der Waals surface area contributed by atoms with Crippen molar-refractivity contribution < 1.29 is 80.4 Å². The standard InChI is InChI=1S/C37H40F4N4O2S.C23H29F3N2O.C14H13FN2OS/c1-4-43(5-2)19-20-44(22-27-11-18-31(25(3)21-27)28-12-14-29(15-13-28)37(39,40)41)34(46)23-45-33-8-6-7-32(33)35(47)42-36(45)48-24-26-9-16-30(38)17-10-26;1-5-27(6-2)13-14-28(18(4)29)16-19-7-12-22(17(3)15-19)20-8-10-21(11-9-20)23(24,25)26;15-10-6-4-9(5-7-10)8-19-14-16-12-3-1-2-11(12)13(18)17-14/h9-18,21H,4-8,19-20,22-24H2,1-3H3;7-12,15H,5-6,13-14,16H2,1-4H3;4-7H,1-3,8H2,(H,16,17,18)/i4D2,5D2,11D,18D,21D,22D2,23D2;4D2,5D2,6D2,7D,12D,13D2,14D2,15D,16D2;. The number of amides is 2. The highest BCUT2D eigenvalue weighted by atomic mass is 32.2. The van der Waals surface area contributed by atoms with E-state index in [4.69, 9.17) is 30.2 Å². The lowest BCUT2D eigenvalue weighted by Crippen LogP contribution is -2.40. The number of rotatable bonds is 24. The van der Waals surface area contributed by atoms with Crippen LogP contribution in [0.1, 0.15) is 150 Å². The van der Waals surface area contributed by atoms with E-state index in [0.29, 0.717) is 58.7 Å². The summed E-state index contributed by atoms with van der Waals surface area (Å²) in [6.45, 7) is -28.0. The predicted molar refractivity (Wildman–Crippen MR) is 365 cm³/mol. The molecule has 6 aromatic carbocycles. The van der Waals surface area contributed by atoms with Crippen LogP contribution in [0.5, 0.6) is 0 Å². The summed E-state index contributed by atoms with van der Waals surface area (Å²) in [4.78, 5) is 64.5. The Bertz CT molecular complexity index is 5240. The van der Waals surface area contributed by atoms with Crippen molar-refractivity contribution in [3.05, 3.63) is 233 Å². The average Bonchev–Trinajstić information content (AvgIpc) is 0.765.